The van der Waals surface area contributed by atoms with E-state index >= 15 is 0 Å². The maximum absolute atomic E-state index is 5.44. The van der Waals surface area contributed by atoms with Crippen LogP contribution < -0.4 is 0 Å². The molecule has 1 nitrogen and oxygen atoms in total. The lowest BCUT2D eigenvalue weighted by molar-refractivity contribution is 0.126. The molecule has 1 unspecified atom stereocenters. The molecule has 3 heteroatoms. The molecule has 0 aliphatic rings. The zero-order chi connectivity index (χ0) is 10.4. The van der Waals surface area contributed by atoms with Crippen molar-refractivity contribution >= 4 is 19.8 Å². The van der Waals surface area contributed by atoms with Crippen molar-refractivity contribution < 1.29 is 4.74 Å². The van der Waals surface area contributed by atoms with Gasteiger partial charge in [-0.25, -0.2) is 0 Å². The van der Waals surface area contributed by atoms with Gasteiger partial charge in [0.25, 0.3) is 0 Å². The summed E-state index contributed by atoms with van der Waals surface area (Å²) in [6.07, 6.45) is 7.68. The van der Waals surface area contributed by atoms with Gasteiger partial charge in [-0.2, -0.15) is 0 Å². The predicted octanol–water partition coefficient (Wildman–Crippen LogP) is 4.40. The zero-order valence-electron chi connectivity index (χ0n) is 9.02. The Morgan fingerprint density at radius 2 is 1.23 bits per heavy atom. The molecule has 0 aliphatic carbocycles. The number of hydrogen-bond donors (Lipinski definition) is 0. The fourth-order valence-electron chi connectivity index (χ4n) is 1.01. The van der Waals surface area contributed by atoms with Gasteiger partial charge in [0.05, 0.1) is 0 Å². The monoisotopic (exact) mass is 226 g/mol. The Labute approximate surface area is 90.6 Å². The van der Waals surface area contributed by atoms with E-state index in [4.69, 9.17) is 4.74 Å². The minimum Gasteiger partial charge on any atom is -0.381 e. The van der Waals surface area contributed by atoms with E-state index in [-0.39, 0.29) is 0 Å². The molecule has 0 radical (unpaired) electrons. The lowest BCUT2D eigenvalue weighted by Crippen LogP contribution is -1.96. The standard InChI is InChI=1S/C10H22O.ClH2P/c1-3-5-7-9-11-10-8-6-4-2;1-2/h3-10H2,1-2H3;2H2. The molecule has 0 aromatic heterocycles. The fraction of sp³-hybridized carbons (Fsp3) is 1.00. The van der Waals surface area contributed by atoms with Crippen LogP contribution in [-0.2, 0) is 4.74 Å². The average Bonchev–Trinajstić information content (AvgIpc) is 2.20. The maximum Gasteiger partial charge on any atom is 0.0466 e. The largest absolute Gasteiger partial charge is 0.381 e. The highest BCUT2D eigenvalue weighted by Gasteiger charge is 1.88. The summed E-state index contributed by atoms with van der Waals surface area (Å²) >= 11 is 4.56. The topological polar surface area (TPSA) is 9.23 Å². The lowest BCUT2D eigenvalue weighted by atomic mass is 10.2. The van der Waals surface area contributed by atoms with Crippen LogP contribution in [0.25, 0.3) is 0 Å². The van der Waals surface area contributed by atoms with Crippen LogP contribution in [0.5, 0.6) is 0 Å². The van der Waals surface area contributed by atoms with E-state index in [1.54, 1.807) is 0 Å². The summed E-state index contributed by atoms with van der Waals surface area (Å²) in [6.45, 7) is 6.38. The van der Waals surface area contributed by atoms with Crippen molar-refractivity contribution in [3.8, 4) is 0 Å². The molecule has 13 heavy (non-hydrogen) atoms. The van der Waals surface area contributed by atoms with Crippen molar-refractivity contribution in [3.63, 3.8) is 0 Å². The van der Waals surface area contributed by atoms with Crippen molar-refractivity contribution in [2.75, 3.05) is 13.2 Å². The van der Waals surface area contributed by atoms with Crippen LogP contribution in [0.3, 0.4) is 0 Å². The molecule has 0 bridgehead atoms. The third-order valence-electron chi connectivity index (χ3n) is 1.78. The normalized spacial score (nSPS) is 9.23. The Bertz CT molecular complexity index is 63.9. The first-order valence-corrected chi connectivity index (χ1v) is 6.96. The maximum atomic E-state index is 5.44. The van der Waals surface area contributed by atoms with E-state index in [9.17, 15) is 0 Å². The summed E-state index contributed by atoms with van der Waals surface area (Å²) in [5, 5.41) is 0. The molecule has 0 fully saturated rings. The predicted molar refractivity (Wildman–Crippen MR) is 65.4 cm³/mol. The molecule has 1 atom stereocenters. The van der Waals surface area contributed by atoms with Gasteiger partial charge < -0.3 is 4.74 Å². The van der Waals surface area contributed by atoms with Crippen molar-refractivity contribution in [2.45, 2.75) is 52.4 Å². The van der Waals surface area contributed by atoms with Crippen LogP contribution in [-0.4, -0.2) is 13.2 Å². The summed E-state index contributed by atoms with van der Waals surface area (Å²) < 4.78 is 5.44. The van der Waals surface area contributed by atoms with Crippen molar-refractivity contribution in [3.05, 3.63) is 0 Å². The molecule has 0 spiro atoms. The average molecular weight is 227 g/mol. The number of hydrogen-bond acceptors (Lipinski definition) is 1. The van der Waals surface area contributed by atoms with Gasteiger partial charge in [0, 0.05) is 13.2 Å². The molecule has 0 aromatic rings. The van der Waals surface area contributed by atoms with Crippen LogP contribution in [0.1, 0.15) is 52.4 Å². The highest BCUT2D eigenvalue weighted by Crippen LogP contribution is 1.97. The number of rotatable bonds is 8. The number of halogens is 1. The molecule has 0 rings (SSSR count). The third kappa shape index (κ3) is 19.2. The molecule has 0 aromatic carbocycles. The second-order valence-corrected chi connectivity index (χ2v) is 3.03. The SMILES string of the molecule is CCCCCOCCCCC.PCl. The number of unbranched alkanes of at least 4 members (excludes halogenated alkanes) is 4. The van der Waals surface area contributed by atoms with Crippen molar-refractivity contribution in [1.82, 2.24) is 0 Å². The highest BCUT2D eigenvalue weighted by atomic mass is 35.7. The van der Waals surface area contributed by atoms with E-state index in [0.29, 0.717) is 0 Å². The summed E-state index contributed by atoms with van der Waals surface area (Å²) in [5.41, 5.74) is 0. The van der Waals surface area contributed by atoms with Gasteiger partial charge in [0.15, 0.2) is 0 Å². The molecule has 0 saturated carbocycles. The first-order valence-electron chi connectivity index (χ1n) is 5.21. The van der Waals surface area contributed by atoms with Crippen LogP contribution in [0.4, 0.5) is 0 Å². The van der Waals surface area contributed by atoms with E-state index in [1.807, 2.05) is 8.59 Å². The second kappa shape index (κ2) is 18.5. The molecular weight excluding hydrogens is 203 g/mol. The Hall–Kier alpha value is 0.680. The minimum absolute atomic E-state index is 0.970. The zero-order valence-corrected chi connectivity index (χ0v) is 10.9. The fourth-order valence-corrected chi connectivity index (χ4v) is 1.01. The molecule has 0 heterocycles. The quantitative estimate of drug-likeness (QED) is 0.440. The van der Waals surface area contributed by atoms with Crippen LogP contribution in [0, 0.1) is 0 Å². The first kappa shape index (κ1) is 16.1. The van der Waals surface area contributed by atoms with E-state index in [1.165, 1.54) is 38.5 Å². The van der Waals surface area contributed by atoms with Gasteiger partial charge in [-0.05, 0) is 21.4 Å². The Morgan fingerprint density at radius 3 is 1.54 bits per heavy atom. The van der Waals surface area contributed by atoms with E-state index < -0.39 is 0 Å². The Balaban J connectivity index is 0. The summed E-state index contributed by atoms with van der Waals surface area (Å²) in [5.74, 6) is 0. The van der Waals surface area contributed by atoms with Crippen molar-refractivity contribution in [1.29, 1.82) is 0 Å². The van der Waals surface area contributed by atoms with Crippen LogP contribution in [0.2, 0.25) is 0 Å². The van der Waals surface area contributed by atoms with Gasteiger partial charge in [0.1, 0.15) is 0 Å². The molecule has 0 aliphatic heterocycles. The molecule has 0 amide bonds. The lowest BCUT2D eigenvalue weighted by Gasteiger charge is -2.01. The van der Waals surface area contributed by atoms with Gasteiger partial charge in [0.2, 0.25) is 0 Å². The van der Waals surface area contributed by atoms with Crippen LogP contribution >= 0.6 is 19.8 Å². The van der Waals surface area contributed by atoms with Crippen LogP contribution in [0.15, 0.2) is 0 Å². The number of ether oxygens (including phenoxy) is 1. The Morgan fingerprint density at radius 1 is 0.846 bits per heavy atom. The first-order chi connectivity index (χ1) is 6.41. The molecule has 82 valence electrons. The summed E-state index contributed by atoms with van der Waals surface area (Å²) in [6, 6.07) is 0. The Kier molecular flexibility index (Phi) is 22.9. The second-order valence-electron chi connectivity index (χ2n) is 3.03. The van der Waals surface area contributed by atoms with Gasteiger partial charge in [-0.1, -0.05) is 39.5 Å². The smallest absolute Gasteiger partial charge is 0.0466 e. The third-order valence-corrected chi connectivity index (χ3v) is 1.78. The molecular formula is C10H24ClOP. The highest BCUT2D eigenvalue weighted by molar-refractivity contribution is 7.52. The van der Waals surface area contributed by atoms with Gasteiger partial charge in [-0.3, -0.25) is 0 Å². The minimum atomic E-state index is 0.970. The van der Waals surface area contributed by atoms with Gasteiger partial charge >= 0.3 is 0 Å². The summed E-state index contributed by atoms with van der Waals surface area (Å²) in [7, 11) is 1.89. The molecule has 0 saturated heterocycles. The summed E-state index contributed by atoms with van der Waals surface area (Å²) in [4.78, 5) is 0. The van der Waals surface area contributed by atoms with E-state index in [0.717, 1.165) is 13.2 Å². The molecule has 0 N–H and O–H groups in total. The van der Waals surface area contributed by atoms with Gasteiger partial charge in [-0.15, -0.1) is 11.2 Å². The van der Waals surface area contributed by atoms with E-state index in [2.05, 4.69) is 25.1 Å². The van der Waals surface area contributed by atoms with Crippen molar-refractivity contribution in [2.24, 2.45) is 0 Å².